The van der Waals surface area contributed by atoms with Crippen LogP contribution in [-0.4, -0.2) is 48.4 Å². The van der Waals surface area contributed by atoms with Gasteiger partial charge in [0.2, 0.25) is 5.91 Å². The molecule has 9 nitrogen and oxygen atoms in total. The highest BCUT2D eigenvalue weighted by molar-refractivity contribution is 5.88. The standard InChI is InChI=1S/C16H16F2N4O5/c1-3-26-15(24)14-21-22-16(27-14)20-12-8(6-19-13(12)23)11-9(17)4-7(25-2)5-10(11)18/h4-5,8,12H,3,6H2,1-2H3,(H,19,23)(H,20,22)/t8-,12-/m0/s1. The third kappa shape index (κ3) is 3.66. The van der Waals surface area contributed by atoms with E-state index in [4.69, 9.17) is 13.9 Å². The molecule has 1 aliphatic heterocycles. The van der Waals surface area contributed by atoms with Crippen LogP contribution in [0.5, 0.6) is 5.75 Å². The zero-order valence-electron chi connectivity index (χ0n) is 14.4. The van der Waals surface area contributed by atoms with Gasteiger partial charge in [-0.2, -0.15) is 0 Å². The van der Waals surface area contributed by atoms with Gasteiger partial charge in [-0.25, -0.2) is 13.6 Å². The minimum atomic E-state index is -1.09. The molecule has 0 radical (unpaired) electrons. The summed E-state index contributed by atoms with van der Waals surface area (Å²) >= 11 is 0. The summed E-state index contributed by atoms with van der Waals surface area (Å²) < 4.78 is 43.4. The largest absolute Gasteiger partial charge is 0.497 e. The lowest BCUT2D eigenvalue weighted by atomic mass is 9.93. The summed E-state index contributed by atoms with van der Waals surface area (Å²) in [4.78, 5) is 23.7. The molecule has 3 rings (SSSR count). The van der Waals surface area contributed by atoms with E-state index in [2.05, 4.69) is 20.8 Å². The molecule has 0 saturated carbocycles. The number of amides is 1. The Labute approximate surface area is 152 Å². The quantitative estimate of drug-likeness (QED) is 0.717. The predicted octanol–water partition coefficient (Wildman–Crippen LogP) is 1.23. The van der Waals surface area contributed by atoms with E-state index in [1.807, 2.05) is 0 Å². The highest BCUT2D eigenvalue weighted by Crippen LogP contribution is 2.32. The SMILES string of the molecule is CCOC(=O)c1nnc(N[C@@H]2C(=O)NC[C@H]2c2c(F)cc(OC)cc2F)o1. The number of benzene rings is 1. The zero-order chi connectivity index (χ0) is 19.6. The van der Waals surface area contributed by atoms with Crippen LogP contribution in [0.15, 0.2) is 16.5 Å². The van der Waals surface area contributed by atoms with Crippen LogP contribution in [0.25, 0.3) is 0 Å². The number of hydrogen-bond acceptors (Lipinski definition) is 8. The van der Waals surface area contributed by atoms with E-state index < -0.39 is 41.4 Å². The van der Waals surface area contributed by atoms with Gasteiger partial charge in [0.15, 0.2) is 0 Å². The van der Waals surface area contributed by atoms with Gasteiger partial charge in [0.05, 0.1) is 13.7 Å². The van der Waals surface area contributed by atoms with E-state index >= 15 is 0 Å². The molecule has 1 aromatic carbocycles. The number of nitrogens with one attached hydrogen (secondary N) is 2. The number of halogens is 2. The van der Waals surface area contributed by atoms with Gasteiger partial charge < -0.3 is 24.5 Å². The number of aromatic nitrogens is 2. The molecule has 2 aromatic rings. The van der Waals surface area contributed by atoms with Gasteiger partial charge in [0.1, 0.15) is 23.4 Å². The molecule has 2 atom stereocenters. The first-order chi connectivity index (χ1) is 12.9. The average Bonchev–Trinajstić information content (AvgIpc) is 3.23. The maximum Gasteiger partial charge on any atom is 0.396 e. The Morgan fingerprint density at radius 1 is 1.37 bits per heavy atom. The molecule has 1 aromatic heterocycles. The average molecular weight is 382 g/mol. The number of carbonyl (C=O) groups is 2. The third-order valence-corrected chi connectivity index (χ3v) is 3.99. The van der Waals surface area contributed by atoms with Crippen molar-refractivity contribution in [1.82, 2.24) is 15.5 Å². The molecule has 0 aliphatic carbocycles. The molecule has 144 valence electrons. The fourth-order valence-corrected chi connectivity index (χ4v) is 2.78. The second kappa shape index (κ2) is 7.56. The monoisotopic (exact) mass is 382 g/mol. The van der Waals surface area contributed by atoms with Crippen LogP contribution in [0.2, 0.25) is 0 Å². The molecule has 27 heavy (non-hydrogen) atoms. The topological polar surface area (TPSA) is 116 Å². The Bertz CT molecular complexity index is 849. The second-order valence-corrected chi connectivity index (χ2v) is 5.61. The van der Waals surface area contributed by atoms with Gasteiger partial charge in [0, 0.05) is 30.2 Å². The van der Waals surface area contributed by atoms with Gasteiger partial charge >= 0.3 is 17.9 Å². The van der Waals surface area contributed by atoms with Gasteiger partial charge in [-0.05, 0) is 6.92 Å². The maximum absolute atomic E-state index is 14.4. The Balaban J connectivity index is 1.85. The first kappa shape index (κ1) is 18.5. The van der Waals surface area contributed by atoms with Crippen LogP contribution in [0.3, 0.4) is 0 Å². The van der Waals surface area contributed by atoms with Gasteiger partial charge in [-0.1, -0.05) is 10.2 Å². The first-order valence-corrected chi connectivity index (χ1v) is 8.02. The highest BCUT2D eigenvalue weighted by atomic mass is 19.1. The van der Waals surface area contributed by atoms with Crippen molar-refractivity contribution in [2.75, 3.05) is 25.6 Å². The van der Waals surface area contributed by atoms with Crippen molar-refractivity contribution < 1.29 is 32.3 Å². The smallest absolute Gasteiger partial charge is 0.396 e. The van der Waals surface area contributed by atoms with E-state index in [-0.39, 0.29) is 30.5 Å². The summed E-state index contributed by atoms with van der Waals surface area (Å²) in [6.07, 6.45) is 0. The van der Waals surface area contributed by atoms with Crippen LogP contribution < -0.4 is 15.4 Å². The molecule has 11 heteroatoms. The normalized spacial score (nSPS) is 18.9. The lowest BCUT2D eigenvalue weighted by Gasteiger charge is -2.19. The molecule has 1 fully saturated rings. The summed E-state index contributed by atoms with van der Waals surface area (Å²) in [5.74, 6) is -4.30. The van der Waals surface area contributed by atoms with Gasteiger partial charge in [0.25, 0.3) is 0 Å². The number of carbonyl (C=O) groups excluding carboxylic acids is 2. The van der Waals surface area contributed by atoms with E-state index in [1.165, 1.54) is 7.11 Å². The Kier molecular flexibility index (Phi) is 5.19. The van der Waals surface area contributed by atoms with Crippen LogP contribution in [0, 0.1) is 11.6 Å². The van der Waals surface area contributed by atoms with E-state index in [0.717, 1.165) is 12.1 Å². The molecule has 2 heterocycles. The summed E-state index contributed by atoms with van der Waals surface area (Å²) in [7, 11) is 1.29. The van der Waals surface area contributed by atoms with Crippen LogP contribution in [0.4, 0.5) is 14.8 Å². The molecule has 2 N–H and O–H groups in total. The lowest BCUT2D eigenvalue weighted by Crippen LogP contribution is -2.33. The van der Waals surface area contributed by atoms with Crippen molar-refractivity contribution in [3.05, 3.63) is 35.2 Å². The third-order valence-electron chi connectivity index (χ3n) is 3.99. The van der Waals surface area contributed by atoms with Crippen LogP contribution in [0.1, 0.15) is 29.1 Å². The number of methoxy groups -OCH3 is 1. The van der Waals surface area contributed by atoms with E-state index in [0.29, 0.717) is 0 Å². The maximum atomic E-state index is 14.4. The van der Waals surface area contributed by atoms with Crippen molar-refractivity contribution in [3.8, 4) is 5.75 Å². The number of anilines is 1. The van der Waals surface area contributed by atoms with Crippen molar-refractivity contribution >= 4 is 17.9 Å². The Hall–Kier alpha value is -3.24. The molecular formula is C16H16F2N4O5. The van der Waals surface area contributed by atoms with Gasteiger partial charge in [-0.15, -0.1) is 0 Å². The van der Waals surface area contributed by atoms with Crippen LogP contribution in [-0.2, 0) is 9.53 Å². The fraction of sp³-hybridized carbons (Fsp3) is 0.375. The van der Waals surface area contributed by atoms with Crippen molar-refractivity contribution in [1.29, 1.82) is 0 Å². The number of ether oxygens (including phenoxy) is 2. The van der Waals surface area contributed by atoms with E-state index in [9.17, 15) is 18.4 Å². The Morgan fingerprint density at radius 2 is 2.07 bits per heavy atom. The fourth-order valence-electron chi connectivity index (χ4n) is 2.78. The first-order valence-electron chi connectivity index (χ1n) is 8.02. The Morgan fingerprint density at radius 3 is 2.70 bits per heavy atom. The molecular weight excluding hydrogens is 366 g/mol. The molecule has 1 amide bonds. The van der Waals surface area contributed by atoms with Crippen molar-refractivity contribution in [2.24, 2.45) is 0 Å². The second-order valence-electron chi connectivity index (χ2n) is 5.61. The molecule has 1 aliphatic rings. The zero-order valence-corrected chi connectivity index (χ0v) is 14.4. The number of rotatable bonds is 6. The molecule has 1 saturated heterocycles. The lowest BCUT2D eigenvalue weighted by molar-refractivity contribution is -0.119. The summed E-state index contributed by atoms with van der Waals surface area (Å²) in [6.45, 7) is 1.72. The minimum Gasteiger partial charge on any atom is -0.497 e. The minimum absolute atomic E-state index is 0.00443. The summed E-state index contributed by atoms with van der Waals surface area (Å²) in [5.41, 5.74) is -0.281. The van der Waals surface area contributed by atoms with Gasteiger partial charge in [-0.3, -0.25) is 4.79 Å². The summed E-state index contributed by atoms with van der Waals surface area (Å²) in [6, 6.07) is 0.727. The number of hydrogen-bond donors (Lipinski definition) is 2. The van der Waals surface area contributed by atoms with E-state index in [1.54, 1.807) is 6.92 Å². The molecule has 0 bridgehead atoms. The van der Waals surface area contributed by atoms with Crippen molar-refractivity contribution in [2.45, 2.75) is 18.9 Å². The highest BCUT2D eigenvalue weighted by Gasteiger charge is 2.40. The molecule has 0 spiro atoms. The van der Waals surface area contributed by atoms with Crippen LogP contribution >= 0.6 is 0 Å². The van der Waals surface area contributed by atoms with Crippen molar-refractivity contribution in [3.63, 3.8) is 0 Å². The number of esters is 1. The predicted molar refractivity (Wildman–Crippen MR) is 86.3 cm³/mol. The number of nitrogens with zero attached hydrogens (tertiary/aromatic N) is 2. The molecule has 0 unspecified atom stereocenters. The summed E-state index contributed by atoms with van der Waals surface area (Å²) in [5, 5.41) is 12.2.